The van der Waals surface area contributed by atoms with Crippen LogP contribution in [0.1, 0.15) is 24.7 Å². The molecule has 1 atom stereocenters. The molecular weight excluding hydrogens is 465 g/mol. The number of hydrogen-bond acceptors (Lipinski definition) is 7. The van der Waals surface area contributed by atoms with Crippen LogP contribution in [0, 0.1) is 11.6 Å². The van der Waals surface area contributed by atoms with E-state index in [1.54, 1.807) is 6.07 Å². The third-order valence-corrected chi connectivity index (χ3v) is 5.31. The summed E-state index contributed by atoms with van der Waals surface area (Å²) in [5.74, 6) is -4.26. The molecule has 1 aliphatic rings. The summed E-state index contributed by atoms with van der Waals surface area (Å²) < 4.78 is 78.5. The first-order chi connectivity index (χ1) is 16.0. The Labute approximate surface area is 189 Å². The van der Waals surface area contributed by atoms with Gasteiger partial charge in [0.2, 0.25) is 11.7 Å². The monoisotopic (exact) mass is 483 g/mol. The Morgan fingerprint density at radius 3 is 2.38 bits per heavy atom. The number of rotatable bonds is 5. The molecule has 180 valence electrons. The Kier molecular flexibility index (Phi) is 6.11. The van der Waals surface area contributed by atoms with E-state index in [9.17, 15) is 26.7 Å². The second kappa shape index (κ2) is 8.88. The quantitative estimate of drug-likeness (QED) is 0.509. The smallest absolute Gasteiger partial charge is 0.451 e. The molecule has 0 amide bonds. The highest BCUT2D eigenvalue weighted by Crippen LogP contribution is 2.31. The minimum absolute atomic E-state index is 0.000228. The fourth-order valence-corrected chi connectivity index (χ4v) is 3.37. The van der Waals surface area contributed by atoms with Gasteiger partial charge in [-0.2, -0.15) is 18.2 Å². The molecule has 13 heteroatoms. The molecule has 8 nitrogen and oxygen atoms in total. The van der Waals surface area contributed by atoms with Gasteiger partial charge in [0, 0.05) is 25.7 Å². The highest BCUT2D eigenvalue weighted by atomic mass is 19.4. The SMILES string of the molecule is CC1CCn2c(cc(OCc3cc(F)c(Oc4cnc(C(F)(F)F)nc4)c(F)c3)nc2=O)N1C. The molecule has 3 heterocycles. The van der Waals surface area contributed by atoms with Crippen molar-refractivity contribution in [2.45, 2.75) is 38.7 Å². The first-order valence-electron chi connectivity index (χ1n) is 10.1. The van der Waals surface area contributed by atoms with Gasteiger partial charge in [0.15, 0.2) is 23.1 Å². The van der Waals surface area contributed by atoms with Crippen molar-refractivity contribution in [3.63, 3.8) is 0 Å². The van der Waals surface area contributed by atoms with Gasteiger partial charge >= 0.3 is 11.9 Å². The molecule has 0 aliphatic carbocycles. The lowest BCUT2D eigenvalue weighted by atomic mass is 10.1. The Morgan fingerprint density at radius 2 is 1.76 bits per heavy atom. The third kappa shape index (κ3) is 4.77. The van der Waals surface area contributed by atoms with Crippen molar-refractivity contribution in [2.75, 3.05) is 11.9 Å². The van der Waals surface area contributed by atoms with Gasteiger partial charge in [-0.15, -0.1) is 0 Å². The minimum Gasteiger partial charge on any atom is -0.473 e. The zero-order valence-corrected chi connectivity index (χ0v) is 17.9. The first kappa shape index (κ1) is 23.4. The maximum absolute atomic E-state index is 14.5. The van der Waals surface area contributed by atoms with Crippen LogP contribution in [0.4, 0.5) is 27.8 Å². The topological polar surface area (TPSA) is 82.4 Å². The molecule has 0 N–H and O–H groups in total. The number of ether oxygens (including phenoxy) is 2. The van der Waals surface area contributed by atoms with Crippen LogP contribution in [0.25, 0.3) is 0 Å². The molecule has 3 aromatic rings. The zero-order valence-electron chi connectivity index (χ0n) is 17.9. The summed E-state index contributed by atoms with van der Waals surface area (Å²) in [4.78, 5) is 24.2. The highest BCUT2D eigenvalue weighted by Gasteiger charge is 2.34. The molecule has 0 fully saturated rings. The van der Waals surface area contributed by atoms with Crippen molar-refractivity contribution in [3.05, 3.63) is 64.1 Å². The Morgan fingerprint density at radius 1 is 1.12 bits per heavy atom. The molecule has 1 unspecified atom stereocenters. The van der Waals surface area contributed by atoms with E-state index in [0.29, 0.717) is 24.8 Å². The van der Waals surface area contributed by atoms with Crippen LogP contribution in [-0.4, -0.2) is 32.6 Å². The summed E-state index contributed by atoms with van der Waals surface area (Å²) in [5.41, 5.74) is -0.418. The first-order valence-corrected chi connectivity index (χ1v) is 10.1. The molecule has 2 aromatic heterocycles. The Balaban J connectivity index is 1.49. The maximum atomic E-state index is 14.5. The van der Waals surface area contributed by atoms with Crippen LogP contribution in [-0.2, 0) is 19.3 Å². The Hall–Kier alpha value is -3.77. The van der Waals surface area contributed by atoms with Gasteiger partial charge < -0.3 is 14.4 Å². The molecule has 0 spiro atoms. The summed E-state index contributed by atoms with van der Waals surface area (Å²) in [5, 5.41) is 0. The normalized spacial score (nSPS) is 15.7. The minimum atomic E-state index is -4.76. The van der Waals surface area contributed by atoms with Crippen LogP contribution < -0.4 is 20.1 Å². The highest BCUT2D eigenvalue weighted by molar-refractivity contribution is 5.44. The maximum Gasteiger partial charge on any atom is 0.451 e. The molecular formula is C21H18F5N5O3. The number of benzene rings is 1. The lowest BCUT2D eigenvalue weighted by Gasteiger charge is -2.34. The third-order valence-electron chi connectivity index (χ3n) is 5.31. The molecule has 34 heavy (non-hydrogen) atoms. The molecule has 1 aromatic carbocycles. The van der Waals surface area contributed by atoms with Crippen molar-refractivity contribution >= 4 is 5.82 Å². The van der Waals surface area contributed by atoms with E-state index < -0.39 is 35.1 Å². The van der Waals surface area contributed by atoms with Crippen LogP contribution in [0.15, 0.2) is 35.4 Å². The van der Waals surface area contributed by atoms with E-state index in [-0.39, 0.29) is 29.8 Å². The largest absolute Gasteiger partial charge is 0.473 e. The second-order valence-corrected chi connectivity index (χ2v) is 7.65. The number of alkyl halides is 3. The summed E-state index contributed by atoms with van der Waals surface area (Å²) in [6.45, 7) is 2.24. The summed E-state index contributed by atoms with van der Waals surface area (Å²) in [6.07, 6.45) is -2.66. The van der Waals surface area contributed by atoms with E-state index in [1.165, 1.54) is 4.57 Å². The molecule has 0 saturated carbocycles. The molecule has 0 radical (unpaired) electrons. The molecule has 0 bridgehead atoms. The summed E-state index contributed by atoms with van der Waals surface area (Å²) in [6, 6.07) is 3.65. The average Bonchev–Trinajstić information content (AvgIpc) is 2.77. The van der Waals surface area contributed by atoms with E-state index >= 15 is 0 Å². The number of anilines is 1. The van der Waals surface area contributed by atoms with Crippen LogP contribution in [0.2, 0.25) is 0 Å². The lowest BCUT2D eigenvalue weighted by molar-refractivity contribution is -0.145. The number of halogens is 5. The lowest BCUT2D eigenvalue weighted by Crippen LogP contribution is -2.41. The van der Waals surface area contributed by atoms with Crippen LogP contribution >= 0.6 is 0 Å². The fourth-order valence-electron chi connectivity index (χ4n) is 3.37. The molecule has 1 aliphatic heterocycles. The van der Waals surface area contributed by atoms with Gasteiger partial charge in [-0.05, 0) is 31.0 Å². The molecule has 4 rings (SSSR count). The van der Waals surface area contributed by atoms with E-state index in [4.69, 9.17) is 9.47 Å². The predicted molar refractivity (Wildman–Crippen MR) is 109 cm³/mol. The van der Waals surface area contributed by atoms with Gasteiger partial charge in [0.25, 0.3) is 0 Å². The van der Waals surface area contributed by atoms with Gasteiger partial charge in [-0.3, -0.25) is 4.57 Å². The van der Waals surface area contributed by atoms with Gasteiger partial charge in [0.05, 0.1) is 12.4 Å². The van der Waals surface area contributed by atoms with E-state index in [2.05, 4.69) is 15.0 Å². The van der Waals surface area contributed by atoms with Crippen LogP contribution in [0.5, 0.6) is 17.4 Å². The number of aromatic nitrogens is 4. The number of hydrogen-bond donors (Lipinski definition) is 0. The fraction of sp³-hybridized carbons (Fsp3) is 0.333. The van der Waals surface area contributed by atoms with Crippen molar-refractivity contribution in [1.82, 2.24) is 19.5 Å². The number of nitrogens with zero attached hydrogens (tertiary/aromatic N) is 5. The number of fused-ring (bicyclic) bond motifs is 1. The van der Waals surface area contributed by atoms with Crippen molar-refractivity contribution in [3.8, 4) is 17.4 Å². The van der Waals surface area contributed by atoms with E-state index in [1.807, 2.05) is 18.9 Å². The van der Waals surface area contributed by atoms with Crippen molar-refractivity contribution in [2.24, 2.45) is 0 Å². The van der Waals surface area contributed by atoms with Gasteiger partial charge in [-0.1, -0.05) is 0 Å². The average molecular weight is 483 g/mol. The summed E-state index contributed by atoms with van der Waals surface area (Å²) >= 11 is 0. The summed E-state index contributed by atoms with van der Waals surface area (Å²) in [7, 11) is 1.84. The van der Waals surface area contributed by atoms with E-state index in [0.717, 1.165) is 18.6 Å². The zero-order chi connectivity index (χ0) is 24.6. The van der Waals surface area contributed by atoms with Crippen molar-refractivity contribution < 1.29 is 31.4 Å². The van der Waals surface area contributed by atoms with Gasteiger partial charge in [0.1, 0.15) is 12.4 Å². The predicted octanol–water partition coefficient (Wildman–Crippen LogP) is 3.93. The van der Waals surface area contributed by atoms with Crippen LogP contribution in [0.3, 0.4) is 0 Å². The van der Waals surface area contributed by atoms with Gasteiger partial charge in [-0.25, -0.2) is 23.5 Å². The Bertz CT molecular complexity index is 1240. The standard InChI is InChI=1S/C21H18F5N5O3/c1-11-3-4-31-17(30(11)2)7-16(29-20(31)32)33-10-12-5-14(22)18(15(23)6-12)34-13-8-27-19(28-9-13)21(24,25)26/h5-9,11H,3-4,10H2,1-2H3. The van der Waals surface area contributed by atoms with Crippen molar-refractivity contribution in [1.29, 1.82) is 0 Å². The molecule has 0 saturated heterocycles. The second-order valence-electron chi connectivity index (χ2n) is 7.65.